The Hall–Kier alpha value is -2.00. The van der Waals surface area contributed by atoms with Gasteiger partial charge in [-0.3, -0.25) is 10.1 Å². The molecule has 0 N–H and O–H groups in total. The molecule has 0 atom stereocenters. The number of anilines is 2. The van der Waals surface area contributed by atoms with Crippen LogP contribution in [0.25, 0.3) is 0 Å². The Kier molecular flexibility index (Phi) is 5.10. The normalized spacial score (nSPS) is 20.2. The number of hydrogen-bond acceptors (Lipinski definition) is 8. The van der Waals surface area contributed by atoms with E-state index >= 15 is 0 Å². The lowest BCUT2D eigenvalue weighted by Crippen LogP contribution is -2.43. The lowest BCUT2D eigenvalue weighted by atomic mass is 10.0. The van der Waals surface area contributed by atoms with Gasteiger partial charge in [0.1, 0.15) is 6.33 Å². The lowest BCUT2D eigenvalue weighted by molar-refractivity contribution is -0.383. The smallest absolute Gasteiger partial charge is 0.353 e. The van der Waals surface area contributed by atoms with Gasteiger partial charge in [0.25, 0.3) is 0 Å². The van der Waals surface area contributed by atoms with E-state index in [1.54, 1.807) is 0 Å². The lowest BCUT2D eigenvalue weighted by Gasteiger charge is -2.35. The molecule has 2 saturated heterocycles. The summed E-state index contributed by atoms with van der Waals surface area (Å²) in [6.07, 6.45) is 3.38. The number of piperidine rings is 1. The first kappa shape index (κ1) is 16.8. The zero-order valence-electron chi connectivity index (χ0n) is 14.2. The van der Waals surface area contributed by atoms with E-state index in [0.29, 0.717) is 37.9 Å². The second-order valence-electron chi connectivity index (χ2n) is 6.37. The summed E-state index contributed by atoms with van der Waals surface area (Å²) in [5.41, 5.74) is 0.000767. The van der Waals surface area contributed by atoms with Crippen LogP contribution in [0.2, 0.25) is 0 Å². The Bertz CT molecular complexity index is 585. The molecule has 0 spiro atoms. The van der Waals surface area contributed by atoms with Crippen molar-refractivity contribution in [1.29, 1.82) is 0 Å². The van der Waals surface area contributed by atoms with Gasteiger partial charge in [-0.05, 0) is 33.0 Å². The summed E-state index contributed by atoms with van der Waals surface area (Å²) in [5.74, 6) is 0.805. The van der Waals surface area contributed by atoms with Gasteiger partial charge in [-0.25, -0.2) is 9.97 Å². The highest BCUT2D eigenvalue weighted by Gasteiger charge is 2.32. The van der Waals surface area contributed by atoms with Gasteiger partial charge in [0.05, 0.1) is 18.1 Å². The number of hydrogen-bond donors (Lipinski definition) is 0. The van der Waals surface area contributed by atoms with Gasteiger partial charge in [-0.2, -0.15) is 0 Å². The van der Waals surface area contributed by atoms with Crippen molar-refractivity contribution in [3.05, 3.63) is 16.4 Å². The number of aromatic nitrogens is 2. The zero-order valence-corrected chi connectivity index (χ0v) is 14.2. The van der Waals surface area contributed by atoms with Crippen LogP contribution in [0.1, 0.15) is 12.8 Å². The third kappa shape index (κ3) is 3.41. The summed E-state index contributed by atoms with van der Waals surface area (Å²) in [5, 5.41) is 11.8. The number of nitrogens with zero attached hydrogens (tertiary/aromatic N) is 6. The number of likely N-dealkylation sites (tertiary alicyclic amines) is 1. The van der Waals surface area contributed by atoms with Crippen molar-refractivity contribution < 1.29 is 9.66 Å². The Morgan fingerprint density at radius 3 is 2.54 bits per heavy atom. The maximum atomic E-state index is 11.8. The molecule has 0 amide bonds. The van der Waals surface area contributed by atoms with Crippen LogP contribution >= 0.6 is 0 Å². The quantitative estimate of drug-likeness (QED) is 0.588. The zero-order chi connectivity index (χ0) is 17.1. The number of nitro groups is 1. The van der Waals surface area contributed by atoms with Crippen LogP contribution < -0.4 is 9.80 Å². The van der Waals surface area contributed by atoms with E-state index in [4.69, 9.17) is 4.74 Å². The van der Waals surface area contributed by atoms with E-state index in [9.17, 15) is 10.1 Å². The van der Waals surface area contributed by atoms with Crippen LogP contribution in [0.4, 0.5) is 17.3 Å². The first-order valence-corrected chi connectivity index (χ1v) is 8.31. The van der Waals surface area contributed by atoms with E-state index in [1.807, 2.05) is 16.8 Å². The minimum Gasteiger partial charge on any atom is -0.378 e. The fourth-order valence-electron chi connectivity index (χ4n) is 3.34. The molecule has 3 rings (SSSR count). The molecule has 3 heterocycles. The van der Waals surface area contributed by atoms with Crippen LogP contribution in [0.3, 0.4) is 0 Å². The molecular weight excluding hydrogens is 312 g/mol. The summed E-state index contributed by atoms with van der Waals surface area (Å²) in [4.78, 5) is 26.0. The van der Waals surface area contributed by atoms with E-state index in [-0.39, 0.29) is 16.7 Å². The highest BCUT2D eigenvalue weighted by molar-refractivity contribution is 5.71. The molecule has 2 fully saturated rings. The van der Waals surface area contributed by atoms with Gasteiger partial charge in [-0.15, -0.1) is 0 Å². The van der Waals surface area contributed by atoms with Crippen LogP contribution in [0.15, 0.2) is 6.33 Å². The Morgan fingerprint density at radius 2 is 1.92 bits per heavy atom. The van der Waals surface area contributed by atoms with Gasteiger partial charge in [0, 0.05) is 26.2 Å². The maximum Gasteiger partial charge on any atom is 0.353 e. The van der Waals surface area contributed by atoms with Gasteiger partial charge in [0.2, 0.25) is 11.6 Å². The van der Waals surface area contributed by atoms with Crippen molar-refractivity contribution in [1.82, 2.24) is 14.9 Å². The predicted octanol–water partition coefficient (Wildman–Crippen LogP) is 0.752. The van der Waals surface area contributed by atoms with Crippen molar-refractivity contribution in [3.8, 4) is 0 Å². The molecule has 24 heavy (non-hydrogen) atoms. The van der Waals surface area contributed by atoms with E-state index in [1.165, 1.54) is 6.33 Å². The minimum absolute atomic E-state index is 0.000767. The summed E-state index contributed by atoms with van der Waals surface area (Å²) in [6.45, 7) is 4.31. The molecule has 132 valence electrons. The molecular formula is C15H24N6O3. The van der Waals surface area contributed by atoms with Crippen molar-refractivity contribution in [3.63, 3.8) is 0 Å². The second-order valence-corrected chi connectivity index (χ2v) is 6.37. The molecule has 0 bridgehead atoms. The first-order chi connectivity index (χ1) is 11.6. The first-order valence-electron chi connectivity index (χ1n) is 8.31. The fraction of sp³-hybridized carbons (Fsp3) is 0.733. The number of rotatable bonds is 4. The molecule has 0 unspecified atom stereocenters. The van der Waals surface area contributed by atoms with Crippen LogP contribution in [0, 0.1) is 10.1 Å². The molecule has 0 saturated carbocycles. The topological polar surface area (TPSA) is 87.9 Å². The largest absolute Gasteiger partial charge is 0.378 e. The van der Waals surface area contributed by atoms with Crippen molar-refractivity contribution >= 4 is 17.3 Å². The third-order valence-corrected chi connectivity index (χ3v) is 4.85. The fourth-order valence-corrected chi connectivity index (χ4v) is 3.34. The Balaban J connectivity index is 1.90. The van der Waals surface area contributed by atoms with Gasteiger partial charge in [-0.1, -0.05) is 0 Å². The maximum absolute atomic E-state index is 11.8. The van der Waals surface area contributed by atoms with Gasteiger partial charge < -0.3 is 19.4 Å². The van der Waals surface area contributed by atoms with E-state index in [0.717, 1.165) is 25.9 Å². The van der Waals surface area contributed by atoms with E-state index in [2.05, 4.69) is 21.9 Å². The monoisotopic (exact) mass is 336 g/mol. The Labute approximate surface area is 141 Å². The van der Waals surface area contributed by atoms with Crippen molar-refractivity contribution in [2.75, 3.05) is 63.3 Å². The predicted molar refractivity (Wildman–Crippen MR) is 90.6 cm³/mol. The summed E-state index contributed by atoms with van der Waals surface area (Å²) in [7, 11) is 3.99. The molecule has 0 radical (unpaired) electrons. The molecule has 9 heteroatoms. The highest BCUT2D eigenvalue weighted by Crippen LogP contribution is 2.35. The van der Waals surface area contributed by atoms with Crippen LogP contribution in [-0.2, 0) is 4.74 Å². The molecule has 0 aromatic carbocycles. The molecule has 9 nitrogen and oxygen atoms in total. The van der Waals surface area contributed by atoms with E-state index < -0.39 is 0 Å². The molecule has 1 aromatic heterocycles. The molecule has 2 aliphatic heterocycles. The molecule has 0 aliphatic carbocycles. The summed E-state index contributed by atoms with van der Waals surface area (Å²) in [6, 6.07) is 0.257. The average molecular weight is 336 g/mol. The van der Waals surface area contributed by atoms with Crippen molar-refractivity contribution in [2.24, 2.45) is 0 Å². The minimum atomic E-state index is -0.356. The van der Waals surface area contributed by atoms with Gasteiger partial charge in [0.15, 0.2) is 0 Å². The Morgan fingerprint density at radius 1 is 1.25 bits per heavy atom. The van der Waals surface area contributed by atoms with Gasteiger partial charge >= 0.3 is 5.69 Å². The number of morpholine rings is 1. The highest BCUT2D eigenvalue weighted by atomic mass is 16.6. The van der Waals surface area contributed by atoms with Crippen molar-refractivity contribution in [2.45, 2.75) is 18.9 Å². The third-order valence-electron chi connectivity index (χ3n) is 4.85. The SMILES string of the molecule is CN1CCC(N(C)c2ncnc(N3CCOCC3)c2[N+](=O)[O-])CC1. The second kappa shape index (κ2) is 7.27. The summed E-state index contributed by atoms with van der Waals surface area (Å²) < 4.78 is 5.33. The standard InChI is InChI=1S/C15H24N6O3/c1-18-5-3-12(4-6-18)19(2)14-13(21(22)23)15(17-11-16-14)20-7-9-24-10-8-20/h11-12H,3-10H2,1-2H3. The summed E-state index contributed by atoms with van der Waals surface area (Å²) >= 11 is 0. The van der Waals surface area contributed by atoms with Crippen LogP contribution in [0.5, 0.6) is 0 Å². The number of ether oxygens (including phenoxy) is 1. The molecule has 1 aromatic rings. The molecule has 2 aliphatic rings. The van der Waals surface area contributed by atoms with Crippen LogP contribution in [-0.4, -0.2) is 79.3 Å². The average Bonchev–Trinajstić information content (AvgIpc) is 2.61.